The lowest BCUT2D eigenvalue weighted by atomic mass is 10.0. The summed E-state index contributed by atoms with van der Waals surface area (Å²) in [5, 5.41) is 3.47. The minimum Gasteiger partial charge on any atom is -0.351 e. The monoisotopic (exact) mass is 276 g/mol. The Kier molecular flexibility index (Phi) is 3.41. The van der Waals surface area contributed by atoms with E-state index in [-0.39, 0.29) is 5.28 Å². The number of imidazole rings is 1. The Hall–Kier alpha value is -1.95. The Balaban J connectivity index is 1.83. The molecule has 3 rings (SSSR count). The summed E-state index contributed by atoms with van der Waals surface area (Å²) < 4.78 is 1.69. The molecule has 1 N–H and O–H groups in total. The predicted molar refractivity (Wildman–Crippen MR) is 72.4 cm³/mol. The van der Waals surface area contributed by atoms with Crippen molar-refractivity contribution >= 4 is 17.5 Å². The molecule has 0 saturated carbocycles. The zero-order valence-corrected chi connectivity index (χ0v) is 11.0. The van der Waals surface area contributed by atoms with Crippen LogP contribution in [-0.2, 0) is 0 Å². The van der Waals surface area contributed by atoms with Gasteiger partial charge in [-0.05, 0) is 30.9 Å². The van der Waals surface area contributed by atoms with Gasteiger partial charge in [0, 0.05) is 18.4 Å². The van der Waals surface area contributed by atoms with Crippen molar-refractivity contribution in [1.82, 2.24) is 24.5 Å². The molecule has 0 fully saturated rings. The summed E-state index contributed by atoms with van der Waals surface area (Å²) in [4.78, 5) is 16.5. The highest BCUT2D eigenvalue weighted by Crippen LogP contribution is 2.16. The molecule has 0 radical (unpaired) electrons. The lowest BCUT2D eigenvalue weighted by Crippen LogP contribution is -2.22. The smallest absolute Gasteiger partial charge is 0.241 e. The van der Waals surface area contributed by atoms with Crippen LogP contribution >= 0.6 is 11.6 Å². The molecule has 2 aromatic rings. The molecule has 7 heteroatoms. The fourth-order valence-corrected chi connectivity index (χ4v) is 2.16. The number of halogens is 1. The molecule has 6 nitrogen and oxygen atoms in total. The van der Waals surface area contributed by atoms with Crippen molar-refractivity contribution in [1.29, 1.82) is 0 Å². The second-order valence-corrected chi connectivity index (χ2v) is 4.66. The van der Waals surface area contributed by atoms with Crippen LogP contribution in [0.15, 0.2) is 30.9 Å². The van der Waals surface area contributed by atoms with Crippen LogP contribution in [0.25, 0.3) is 5.95 Å². The maximum atomic E-state index is 5.93. The number of hydrogen-bond acceptors (Lipinski definition) is 5. The second-order valence-electron chi connectivity index (χ2n) is 4.32. The largest absolute Gasteiger partial charge is 0.351 e. The van der Waals surface area contributed by atoms with Crippen LogP contribution in [0.3, 0.4) is 0 Å². The first-order chi connectivity index (χ1) is 9.31. The van der Waals surface area contributed by atoms with E-state index in [0.717, 1.165) is 19.3 Å². The van der Waals surface area contributed by atoms with Crippen molar-refractivity contribution in [2.75, 3.05) is 5.32 Å². The van der Waals surface area contributed by atoms with Crippen molar-refractivity contribution in [2.24, 2.45) is 0 Å². The molecule has 1 aliphatic rings. The SMILES string of the molecule is Clc1nc(NC2CC=CCC2)nc(-n2ccnc2)n1. The Labute approximate surface area is 115 Å². The van der Waals surface area contributed by atoms with Gasteiger partial charge in [-0.1, -0.05) is 12.2 Å². The molecule has 0 bridgehead atoms. The van der Waals surface area contributed by atoms with Crippen molar-refractivity contribution in [3.05, 3.63) is 36.2 Å². The summed E-state index contributed by atoms with van der Waals surface area (Å²) in [5.74, 6) is 0.968. The van der Waals surface area contributed by atoms with E-state index in [9.17, 15) is 0 Å². The van der Waals surface area contributed by atoms with Gasteiger partial charge in [0.15, 0.2) is 0 Å². The molecule has 2 aromatic heterocycles. The van der Waals surface area contributed by atoms with Gasteiger partial charge in [0.1, 0.15) is 6.33 Å². The number of allylic oxidation sites excluding steroid dienone is 1. The van der Waals surface area contributed by atoms with Crippen LogP contribution in [0.5, 0.6) is 0 Å². The van der Waals surface area contributed by atoms with Gasteiger partial charge >= 0.3 is 0 Å². The second kappa shape index (κ2) is 5.36. The molecule has 0 aromatic carbocycles. The number of anilines is 1. The average Bonchev–Trinajstić information content (AvgIpc) is 2.93. The van der Waals surface area contributed by atoms with Crippen LogP contribution < -0.4 is 5.32 Å². The first-order valence-corrected chi connectivity index (χ1v) is 6.50. The minimum atomic E-state index is 0.174. The van der Waals surface area contributed by atoms with Gasteiger partial charge in [-0.2, -0.15) is 15.0 Å². The first-order valence-electron chi connectivity index (χ1n) is 6.13. The molecule has 2 heterocycles. The lowest BCUT2D eigenvalue weighted by Gasteiger charge is -2.19. The lowest BCUT2D eigenvalue weighted by molar-refractivity contribution is 0.637. The van der Waals surface area contributed by atoms with E-state index in [4.69, 9.17) is 11.6 Å². The van der Waals surface area contributed by atoms with Crippen LogP contribution in [0, 0.1) is 0 Å². The predicted octanol–water partition coefficient (Wildman–Crippen LogP) is 2.23. The Bertz CT molecular complexity index is 580. The van der Waals surface area contributed by atoms with Gasteiger partial charge in [0.05, 0.1) is 0 Å². The zero-order chi connectivity index (χ0) is 13.1. The van der Waals surface area contributed by atoms with Gasteiger partial charge < -0.3 is 5.32 Å². The van der Waals surface area contributed by atoms with E-state index in [0.29, 0.717) is 17.9 Å². The normalized spacial score (nSPS) is 18.5. The third-order valence-electron chi connectivity index (χ3n) is 2.93. The van der Waals surface area contributed by atoms with E-state index in [1.54, 1.807) is 23.3 Å². The summed E-state index contributed by atoms with van der Waals surface area (Å²) in [7, 11) is 0. The molecule has 98 valence electrons. The standard InChI is InChI=1S/C12H13ClN6/c13-10-16-11(15-9-4-2-1-3-5-9)18-12(17-10)19-7-6-14-8-19/h1-2,6-9H,3-5H2,(H,15,16,17,18). The third kappa shape index (κ3) is 2.90. The van der Waals surface area contributed by atoms with E-state index in [2.05, 4.69) is 37.4 Å². The summed E-state index contributed by atoms with van der Waals surface area (Å²) in [6.07, 6.45) is 12.5. The molecular formula is C12H13ClN6. The first kappa shape index (κ1) is 12.1. The Morgan fingerprint density at radius 1 is 1.26 bits per heavy atom. The highest BCUT2D eigenvalue weighted by atomic mass is 35.5. The number of rotatable bonds is 3. The number of nitrogens with zero attached hydrogens (tertiary/aromatic N) is 5. The summed E-state index contributed by atoms with van der Waals surface area (Å²) in [6.45, 7) is 0. The van der Waals surface area contributed by atoms with Crippen LogP contribution in [-0.4, -0.2) is 30.5 Å². The highest BCUT2D eigenvalue weighted by molar-refractivity contribution is 6.28. The molecule has 1 unspecified atom stereocenters. The van der Waals surface area contributed by atoms with E-state index in [1.807, 2.05) is 0 Å². The van der Waals surface area contributed by atoms with Gasteiger partial charge in [-0.3, -0.25) is 4.57 Å². The van der Waals surface area contributed by atoms with E-state index < -0.39 is 0 Å². The fraction of sp³-hybridized carbons (Fsp3) is 0.333. The van der Waals surface area contributed by atoms with E-state index >= 15 is 0 Å². The maximum absolute atomic E-state index is 5.93. The van der Waals surface area contributed by atoms with E-state index in [1.165, 1.54) is 0 Å². The average molecular weight is 277 g/mol. The number of hydrogen-bond donors (Lipinski definition) is 1. The van der Waals surface area contributed by atoms with Crippen LogP contribution in [0.4, 0.5) is 5.95 Å². The molecule has 0 saturated heterocycles. The summed E-state index contributed by atoms with van der Waals surface area (Å²) >= 11 is 5.93. The Morgan fingerprint density at radius 3 is 2.95 bits per heavy atom. The molecule has 1 atom stereocenters. The molecule has 0 amide bonds. The molecule has 0 spiro atoms. The van der Waals surface area contributed by atoms with Crippen molar-refractivity contribution < 1.29 is 0 Å². The topological polar surface area (TPSA) is 68.5 Å². The zero-order valence-electron chi connectivity index (χ0n) is 10.2. The molecular weight excluding hydrogens is 264 g/mol. The molecule has 0 aliphatic heterocycles. The van der Waals surface area contributed by atoms with Crippen LogP contribution in [0.2, 0.25) is 5.28 Å². The van der Waals surface area contributed by atoms with Gasteiger partial charge in [-0.15, -0.1) is 0 Å². The number of aromatic nitrogens is 5. The molecule has 19 heavy (non-hydrogen) atoms. The Morgan fingerprint density at radius 2 is 2.21 bits per heavy atom. The van der Waals surface area contributed by atoms with Gasteiger partial charge in [-0.25, -0.2) is 4.98 Å². The van der Waals surface area contributed by atoms with Gasteiger partial charge in [0.2, 0.25) is 17.2 Å². The van der Waals surface area contributed by atoms with Crippen molar-refractivity contribution in [3.8, 4) is 5.95 Å². The maximum Gasteiger partial charge on any atom is 0.241 e. The third-order valence-corrected chi connectivity index (χ3v) is 3.10. The van der Waals surface area contributed by atoms with Crippen LogP contribution in [0.1, 0.15) is 19.3 Å². The number of nitrogens with one attached hydrogen (secondary N) is 1. The highest BCUT2D eigenvalue weighted by Gasteiger charge is 2.13. The van der Waals surface area contributed by atoms with Crippen molar-refractivity contribution in [3.63, 3.8) is 0 Å². The molecule has 1 aliphatic carbocycles. The quantitative estimate of drug-likeness (QED) is 0.871. The van der Waals surface area contributed by atoms with Gasteiger partial charge in [0.25, 0.3) is 0 Å². The fourth-order valence-electron chi connectivity index (χ4n) is 2.00. The summed E-state index contributed by atoms with van der Waals surface area (Å²) in [6, 6.07) is 0.346. The van der Waals surface area contributed by atoms with Crippen molar-refractivity contribution in [2.45, 2.75) is 25.3 Å². The minimum absolute atomic E-state index is 0.174. The summed E-state index contributed by atoms with van der Waals surface area (Å²) in [5.41, 5.74) is 0.